The first-order valence-electron chi connectivity index (χ1n) is 3.65. The van der Waals surface area contributed by atoms with Gasteiger partial charge in [-0.1, -0.05) is 12.1 Å². The predicted octanol–water partition coefficient (Wildman–Crippen LogP) is 2.21. The molecule has 58 valence electrons. The van der Waals surface area contributed by atoms with Crippen molar-refractivity contribution in [1.82, 2.24) is 0 Å². The second kappa shape index (κ2) is 2.31. The van der Waals surface area contributed by atoms with Gasteiger partial charge in [-0.3, -0.25) is 0 Å². The molecule has 1 aliphatic heterocycles. The maximum Gasteiger partial charge on any atom is 0.126 e. The van der Waals surface area contributed by atoms with Gasteiger partial charge in [-0.15, -0.1) is 0 Å². The van der Waals surface area contributed by atoms with Gasteiger partial charge in [-0.2, -0.15) is 0 Å². The molecule has 1 saturated heterocycles. The summed E-state index contributed by atoms with van der Waals surface area (Å²) in [7, 11) is 0. The summed E-state index contributed by atoms with van der Waals surface area (Å²) in [6, 6.07) is 5.11. The highest BCUT2D eigenvalue weighted by Gasteiger charge is 2.26. The molecule has 1 fully saturated rings. The third-order valence-corrected chi connectivity index (χ3v) is 1.99. The Kier molecular flexibility index (Phi) is 1.43. The summed E-state index contributed by atoms with van der Waals surface area (Å²) in [6.07, 6.45) is 0.158. The molecule has 0 unspecified atom stereocenters. The second-order valence-corrected chi connectivity index (χ2v) is 2.78. The Balaban J connectivity index is 2.45. The zero-order valence-corrected chi connectivity index (χ0v) is 6.30. The second-order valence-electron chi connectivity index (χ2n) is 2.78. The molecule has 0 spiro atoms. The number of hydrogen-bond donors (Lipinski definition) is 0. The Labute approximate surface area is 64.8 Å². The number of benzene rings is 1. The molecule has 0 aliphatic carbocycles. The van der Waals surface area contributed by atoms with Gasteiger partial charge in [-0.05, 0) is 24.1 Å². The summed E-state index contributed by atoms with van der Waals surface area (Å²) in [5, 5.41) is 0. The van der Waals surface area contributed by atoms with E-state index in [-0.39, 0.29) is 11.9 Å². The SMILES string of the molecule is Cc1c(F)cccc1[C@@H]1CO1. The van der Waals surface area contributed by atoms with E-state index < -0.39 is 0 Å². The molecule has 0 radical (unpaired) electrons. The average Bonchev–Trinajstić information content (AvgIpc) is 2.77. The molecule has 1 aliphatic rings. The Morgan fingerprint density at radius 1 is 1.55 bits per heavy atom. The van der Waals surface area contributed by atoms with E-state index in [9.17, 15) is 4.39 Å². The van der Waals surface area contributed by atoms with Gasteiger partial charge in [0.15, 0.2) is 0 Å². The van der Waals surface area contributed by atoms with E-state index >= 15 is 0 Å². The summed E-state index contributed by atoms with van der Waals surface area (Å²) >= 11 is 0. The molecule has 0 aromatic heterocycles. The van der Waals surface area contributed by atoms with Crippen LogP contribution < -0.4 is 0 Å². The minimum absolute atomic E-state index is 0.141. The van der Waals surface area contributed by atoms with E-state index in [0.29, 0.717) is 0 Å². The van der Waals surface area contributed by atoms with E-state index in [4.69, 9.17) is 4.74 Å². The monoisotopic (exact) mass is 152 g/mol. The highest BCUT2D eigenvalue weighted by Crippen LogP contribution is 2.32. The number of hydrogen-bond acceptors (Lipinski definition) is 1. The third kappa shape index (κ3) is 1.14. The third-order valence-electron chi connectivity index (χ3n) is 1.99. The molecule has 11 heavy (non-hydrogen) atoms. The van der Waals surface area contributed by atoms with Crippen LogP contribution in [0.3, 0.4) is 0 Å². The fourth-order valence-corrected chi connectivity index (χ4v) is 1.20. The summed E-state index contributed by atoms with van der Waals surface area (Å²) in [5.41, 5.74) is 1.71. The molecule has 1 atom stereocenters. The molecule has 0 saturated carbocycles. The van der Waals surface area contributed by atoms with Crippen LogP contribution in [0.2, 0.25) is 0 Å². The Hall–Kier alpha value is -0.890. The number of halogens is 1. The van der Waals surface area contributed by atoms with Crippen molar-refractivity contribution in [3.63, 3.8) is 0 Å². The Bertz CT molecular complexity index is 279. The minimum Gasteiger partial charge on any atom is -0.368 e. The maximum atomic E-state index is 12.9. The van der Waals surface area contributed by atoms with Gasteiger partial charge >= 0.3 is 0 Å². The van der Waals surface area contributed by atoms with Crippen LogP contribution in [0.15, 0.2) is 18.2 Å². The zero-order valence-electron chi connectivity index (χ0n) is 6.30. The molecule has 1 aromatic carbocycles. The molecule has 0 N–H and O–H groups in total. The number of epoxide rings is 1. The Morgan fingerprint density at radius 2 is 2.27 bits per heavy atom. The van der Waals surface area contributed by atoms with Crippen molar-refractivity contribution in [1.29, 1.82) is 0 Å². The maximum absolute atomic E-state index is 12.9. The first-order chi connectivity index (χ1) is 5.29. The van der Waals surface area contributed by atoms with Crippen LogP contribution in [-0.2, 0) is 4.74 Å². The van der Waals surface area contributed by atoms with Crippen LogP contribution in [0.5, 0.6) is 0 Å². The molecular formula is C9H9FO. The van der Waals surface area contributed by atoms with Crippen molar-refractivity contribution in [3.8, 4) is 0 Å². The average molecular weight is 152 g/mol. The molecule has 2 heteroatoms. The van der Waals surface area contributed by atoms with Gasteiger partial charge in [0.05, 0.1) is 6.61 Å². The lowest BCUT2D eigenvalue weighted by Gasteiger charge is -2.01. The van der Waals surface area contributed by atoms with Crippen molar-refractivity contribution in [2.24, 2.45) is 0 Å². The van der Waals surface area contributed by atoms with Gasteiger partial charge in [0, 0.05) is 0 Å². The van der Waals surface area contributed by atoms with Crippen molar-refractivity contribution < 1.29 is 9.13 Å². The summed E-state index contributed by atoms with van der Waals surface area (Å²) in [4.78, 5) is 0. The lowest BCUT2D eigenvalue weighted by molar-refractivity contribution is 0.414. The highest BCUT2D eigenvalue weighted by atomic mass is 19.1. The van der Waals surface area contributed by atoms with Gasteiger partial charge in [0.25, 0.3) is 0 Å². The molecule has 1 aromatic rings. The van der Waals surface area contributed by atoms with Crippen LogP contribution in [0.25, 0.3) is 0 Å². The normalized spacial score (nSPS) is 21.8. The number of rotatable bonds is 1. The standard InChI is InChI=1S/C9H9FO/c1-6-7(9-5-11-9)3-2-4-8(6)10/h2-4,9H,5H2,1H3/t9-/m0/s1. The van der Waals surface area contributed by atoms with Crippen LogP contribution in [0.4, 0.5) is 4.39 Å². The topological polar surface area (TPSA) is 12.5 Å². The van der Waals surface area contributed by atoms with E-state index in [1.165, 1.54) is 6.07 Å². The predicted molar refractivity (Wildman–Crippen MR) is 39.8 cm³/mol. The fraction of sp³-hybridized carbons (Fsp3) is 0.333. The van der Waals surface area contributed by atoms with Crippen LogP contribution >= 0.6 is 0 Å². The quantitative estimate of drug-likeness (QED) is 0.562. The van der Waals surface area contributed by atoms with E-state index in [0.717, 1.165) is 17.7 Å². The molecule has 0 bridgehead atoms. The zero-order chi connectivity index (χ0) is 7.84. The Morgan fingerprint density at radius 3 is 2.91 bits per heavy atom. The van der Waals surface area contributed by atoms with Crippen LogP contribution in [0, 0.1) is 12.7 Å². The summed E-state index contributed by atoms with van der Waals surface area (Å²) in [6.45, 7) is 2.52. The van der Waals surface area contributed by atoms with Crippen molar-refractivity contribution in [3.05, 3.63) is 35.1 Å². The molecule has 2 rings (SSSR count). The fourth-order valence-electron chi connectivity index (χ4n) is 1.20. The smallest absolute Gasteiger partial charge is 0.126 e. The highest BCUT2D eigenvalue weighted by molar-refractivity contribution is 5.30. The van der Waals surface area contributed by atoms with Crippen LogP contribution in [0.1, 0.15) is 17.2 Å². The first kappa shape index (κ1) is 6.80. The van der Waals surface area contributed by atoms with E-state index in [1.54, 1.807) is 13.0 Å². The van der Waals surface area contributed by atoms with Crippen molar-refractivity contribution >= 4 is 0 Å². The molecule has 1 nitrogen and oxygen atoms in total. The summed E-state index contributed by atoms with van der Waals surface area (Å²) < 4.78 is 18.0. The molecule has 0 amide bonds. The lowest BCUT2D eigenvalue weighted by atomic mass is 10.1. The molecular weight excluding hydrogens is 143 g/mol. The van der Waals surface area contributed by atoms with Gasteiger partial charge in [0.2, 0.25) is 0 Å². The molecule has 1 heterocycles. The van der Waals surface area contributed by atoms with E-state index in [2.05, 4.69) is 0 Å². The van der Waals surface area contributed by atoms with Crippen molar-refractivity contribution in [2.45, 2.75) is 13.0 Å². The first-order valence-corrected chi connectivity index (χ1v) is 3.65. The summed E-state index contributed by atoms with van der Waals surface area (Å²) in [5.74, 6) is -0.141. The van der Waals surface area contributed by atoms with Crippen molar-refractivity contribution in [2.75, 3.05) is 6.61 Å². The van der Waals surface area contributed by atoms with E-state index in [1.807, 2.05) is 6.07 Å². The van der Waals surface area contributed by atoms with Gasteiger partial charge in [0.1, 0.15) is 11.9 Å². The lowest BCUT2D eigenvalue weighted by Crippen LogP contribution is -1.89. The number of ether oxygens (including phenoxy) is 1. The van der Waals surface area contributed by atoms with Gasteiger partial charge in [-0.25, -0.2) is 4.39 Å². The van der Waals surface area contributed by atoms with Gasteiger partial charge < -0.3 is 4.74 Å². The van der Waals surface area contributed by atoms with Crippen LogP contribution in [-0.4, -0.2) is 6.61 Å². The largest absolute Gasteiger partial charge is 0.368 e. The minimum atomic E-state index is -0.141.